The fourth-order valence-electron chi connectivity index (χ4n) is 0.850. The number of aliphatic hydroxyl groups is 1. The molecule has 0 bridgehead atoms. The topological polar surface area (TPSA) is 63.3 Å². The summed E-state index contributed by atoms with van der Waals surface area (Å²) in [6.45, 7) is 0. The molecule has 0 fully saturated rings. The van der Waals surface area contributed by atoms with Gasteiger partial charge in [-0.15, -0.1) is 0 Å². The molecule has 0 aliphatic rings. The van der Waals surface area contributed by atoms with E-state index in [1.165, 1.54) is 18.2 Å². The van der Waals surface area contributed by atoms with Gasteiger partial charge in [0.25, 0.3) is 5.91 Å². The summed E-state index contributed by atoms with van der Waals surface area (Å²) in [5, 5.41) is 9.06. The van der Waals surface area contributed by atoms with Crippen LogP contribution in [0.2, 0.25) is 0 Å². The number of aliphatic hydroxyl groups excluding tert-OH is 1. The van der Waals surface area contributed by atoms with Crippen molar-refractivity contribution in [1.29, 1.82) is 0 Å². The standard InChI is InChI=1S/C8H8FNO2/c9-6-4-2-1-3-5(6)7(11)8(10)12/h1-4,7,11H,(H2,10,12)/t7-/m1/s1. The molecule has 1 atom stereocenters. The van der Waals surface area contributed by atoms with Crippen LogP contribution in [0.3, 0.4) is 0 Å². The van der Waals surface area contributed by atoms with Crippen molar-refractivity contribution in [3.05, 3.63) is 35.6 Å². The lowest BCUT2D eigenvalue weighted by Gasteiger charge is -2.06. The van der Waals surface area contributed by atoms with Gasteiger partial charge >= 0.3 is 0 Å². The molecule has 1 rings (SSSR count). The van der Waals surface area contributed by atoms with E-state index in [-0.39, 0.29) is 5.56 Å². The van der Waals surface area contributed by atoms with Gasteiger partial charge < -0.3 is 10.8 Å². The third-order valence-corrected chi connectivity index (χ3v) is 1.47. The Balaban J connectivity index is 3.02. The quantitative estimate of drug-likeness (QED) is 0.670. The van der Waals surface area contributed by atoms with E-state index in [4.69, 9.17) is 10.8 Å². The van der Waals surface area contributed by atoms with E-state index in [1.54, 1.807) is 0 Å². The Hall–Kier alpha value is -1.42. The van der Waals surface area contributed by atoms with Crippen LogP contribution in [-0.4, -0.2) is 11.0 Å². The van der Waals surface area contributed by atoms with E-state index < -0.39 is 17.8 Å². The minimum absolute atomic E-state index is 0.0926. The van der Waals surface area contributed by atoms with Gasteiger partial charge in [-0.2, -0.15) is 0 Å². The molecule has 1 amide bonds. The summed E-state index contributed by atoms with van der Waals surface area (Å²) in [5.41, 5.74) is 4.69. The number of carbonyl (C=O) groups is 1. The van der Waals surface area contributed by atoms with Crippen molar-refractivity contribution in [2.75, 3.05) is 0 Å². The highest BCUT2D eigenvalue weighted by atomic mass is 19.1. The zero-order valence-corrected chi connectivity index (χ0v) is 6.20. The largest absolute Gasteiger partial charge is 0.378 e. The number of benzene rings is 1. The van der Waals surface area contributed by atoms with Crippen molar-refractivity contribution in [1.82, 2.24) is 0 Å². The molecule has 3 N–H and O–H groups in total. The van der Waals surface area contributed by atoms with Crippen LogP contribution < -0.4 is 5.73 Å². The molecule has 0 unspecified atom stereocenters. The lowest BCUT2D eigenvalue weighted by Crippen LogP contribution is -2.21. The van der Waals surface area contributed by atoms with Gasteiger partial charge in [-0.3, -0.25) is 4.79 Å². The number of nitrogens with two attached hydrogens (primary N) is 1. The first kappa shape index (κ1) is 8.67. The summed E-state index contributed by atoms with van der Waals surface area (Å²) < 4.78 is 12.8. The first-order valence-electron chi connectivity index (χ1n) is 3.34. The summed E-state index contributed by atoms with van der Waals surface area (Å²) >= 11 is 0. The molecule has 0 saturated heterocycles. The van der Waals surface area contributed by atoms with Gasteiger partial charge in [0, 0.05) is 5.56 Å². The molecule has 64 valence electrons. The third-order valence-electron chi connectivity index (χ3n) is 1.47. The predicted octanol–water partition coefficient (Wildman–Crippen LogP) is 0.344. The van der Waals surface area contributed by atoms with Crippen molar-refractivity contribution in [2.24, 2.45) is 5.73 Å². The van der Waals surface area contributed by atoms with E-state index in [0.29, 0.717) is 0 Å². The summed E-state index contributed by atoms with van der Waals surface area (Å²) in [7, 11) is 0. The van der Waals surface area contributed by atoms with Crippen molar-refractivity contribution in [3.8, 4) is 0 Å². The van der Waals surface area contributed by atoms with Crippen molar-refractivity contribution in [3.63, 3.8) is 0 Å². The second-order valence-corrected chi connectivity index (χ2v) is 2.33. The Labute approximate surface area is 68.6 Å². The van der Waals surface area contributed by atoms with Crippen LogP contribution in [0, 0.1) is 5.82 Å². The van der Waals surface area contributed by atoms with Crippen LogP contribution in [0.4, 0.5) is 4.39 Å². The lowest BCUT2D eigenvalue weighted by atomic mass is 10.1. The van der Waals surface area contributed by atoms with Crippen LogP contribution >= 0.6 is 0 Å². The Morgan fingerprint density at radius 3 is 2.58 bits per heavy atom. The summed E-state index contributed by atoms with van der Waals surface area (Å²) in [6.07, 6.45) is -1.56. The van der Waals surface area contributed by atoms with E-state index in [2.05, 4.69) is 0 Å². The molecular weight excluding hydrogens is 161 g/mol. The molecule has 0 aliphatic carbocycles. The molecule has 1 aromatic rings. The van der Waals surface area contributed by atoms with Gasteiger partial charge in [0.1, 0.15) is 5.82 Å². The van der Waals surface area contributed by atoms with Crippen LogP contribution in [-0.2, 0) is 4.79 Å². The average molecular weight is 169 g/mol. The van der Waals surface area contributed by atoms with Crippen molar-refractivity contribution in [2.45, 2.75) is 6.10 Å². The summed E-state index contributed by atoms with van der Waals surface area (Å²) in [5.74, 6) is -1.59. The van der Waals surface area contributed by atoms with Crippen molar-refractivity contribution < 1.29 is 14.3 Å². The lowest BCUT2D eigenvalue weighted by molar-refractivity contribution is -0.126. The third kappa shape index (κ3) is 1.60. The van der Waals surface area contributed by atoms with Crippen LogP contribution in [0.15, 0.2) is 24.3 Å². The zero-order chi connectivity index (χ0) is 9.14. The van der Waals surface area contributed by atoms with E-state index in [9.17, 15) is 9.18 Å². The number of hydrogen-bond acceptors (Lipinski definition) is 2. The second kappa shape index (κ2) is 3.32. The minimum atomic E-state index is -1.56. The predicted molar refractivity (Wildman–Crippen MR) is 40.6 cm³/mol. The molecule has 0 saturated carbocycles. The Kier molecular flexibility index (Phi) is 2.40. The fraction of sp³-hybridized carbons (Fsp3) is 0.125. The number of rotatable bonds is 2. The number of carbonyl (C=O) groups excluding carboxylic acids is 1. The highest BCUT2D eigenvalue weighted by Gasteiger charge is 2.16. The molecule has 0 aromatic heterocycles. The van der Waals surface area contributed by atoms with Gasteiger partial charge in [-0.05, 0) is 6.07 Å². The maximum absolute atomic E-state index is 12.8. The fourth-order valence-corrected chi connectivity index (χ4v) is 0.850. The summed E-state index contributed by atoms with van der Waals surface area (Å²) in [6, 6.07) is 5.45. The van der Waals surface area contributed by atoms with Crippen LogP contribution in [0.1, 0.15) is 11.7 Å². The van der Waals surface area contributed by atoms with Gasteiger partial charge in [0.2, 0.25) is 0 Å². The molecule has 0 aliphatic heterocycles. The second-order valence-electron chi connectivity index (χ2n) is 2.33. The molecule has 4 heteroatoms. The van der Waals surface area contributed by atoms with Gasteiger partial charge in [0.05, 0.1) is 0 Å². The van der Waals surface area contributed by atoms with Gasteiger partial charge in [-0.1, -0.05) is 18.2 Å². The van der Waals surface area contributed by atoms with E-state index in [1.807, 2.05) is 0 Å². The van der Waals surface area contributed by atoms with Gasteiger partial charge in [-0.25, -0.2) is 4.39 Å². The highest BCUT2D eigenvalue weighted by Crippen LogP contribution is 2.15. The normalized spacial score (nSPS) is 12.5. The maximum atomic E-state index is 12.8. The molecule has 3 nitrogen and oxygen atoms in total. The molecule has 12 heavy (non-hydrogen) atoms. The Bertz CT molecular complexity index is 301. The van der Waals surface area contributed by atoms with Crippen LogP contribution in [0.25, 0.3) is 0 Å². The number of amides is 1. The van der Waals surface area contributed by atoms with Crippen LogP contribution in [0.5, 0.6) is 0 Å². The summed E-state index contributed by atoms with van der Waals surface area (Å²) in [4.78, 5) is 10.5. The maximum Gasteiger partial charge on any atom is 0.251 e. The highest BCUT2D eigenvalue weighted by molar-refractivity contribution is 5.80. The molecule has 0 spiro atoms. The zero-order valence-electron chi connectivity index (χ0n) is 6.20. The molecule has 0 heterocycles. The Morgan fingerprint density at radius 1 is 1.50 bits per heavy atom. The monoisotopic (exact) mass is 169 g/mol. The average Bonchev–Trinajstić information content (AvgIpc) is 2.04. The van der Waals surface area contributed by atoms with E-state index >= 15 is 0 Å². The Morgan fingerprint density at radius 2 is 2.08 bits per heavy atom. The SMILES string of the molecule is NC(=O)[C@H](O)c1ccccc1F. The number of primary amides is 1. The first-order valence-corrected chi connectivity index (χ1v) is 3.34. The number of hydrogen-bond donors (Lipinski definition) is 2. The number of halogens is 1. The van der Waals surface area contributed by atoms with Crippen molar-refractivity contribution >= 4 is 5.91 Å². The smallest absolute Gasteiger partial charge is 0.251 e. The molecule has 0 radical (unpaired) electrons. The molecule has 1 aromatic carbocycles. The van der Waals surface area contributed by atoms with Gasteiger partial charge in [0.15, 0.2) is 6.10 Å². The van der Waals surface area contributed by atoms with E-state index in [0.717, 1.165) is 6.07 Å². The molecular formula is C8H8FNO2. The minimum Gasteiger partial charge on any atom is -0.378 e. The first-order chi connectivity index (χ1) is 5.63.